The zero-order chi connectivity index (χ0) is 73.1. The quantitative estimate of drug-likeness (QED) is 0.145. The van der Waals surface area contributed by atoms with Crippen LogP contribution in [0.25, 0.3) is 207 Å². The molecule has 2 aliphatic rings. The number of para-hydroxylation sites is 1. The zero-order valence-electron chi connectivity index (χ0n) is 61.5. The van der Waals surface area contributed by atoms with E-state index in [1.54, 1.807) is 0 Å². The molecule has 0 aliphatic heterocycles. The lowest BCUT2D eigenvalue weighted by atomic mass is 9.80. The molecule has 2 heteroatoms. The Morgan fingerprint density at radius 2 is 0.536 bits per heavy atom. The second-order valence-corrected chi connectivity index (χ2v) is 32.3. The van der Waals surface area contributed by atoms with E-state index in [0.717, 1.165) is 21.9 Å². The van der Waals surface area contributed by atoms with Crippen LogP contribution in [0.5, 0.6) is 0 Å². The second-order valence-electron chi connectivity index (χ2n) is 31.2. The first-order chi connectivity index (χ1) is 54.1. The number of fused-ring (bicyclic) bond motifs is 20. The molecule has 19 aromatic carbocycles. The molecule has 2 aliphatic carbocycles. The molecule has 516 valence electrons. The minimum absolute atomic E-state index is 0.0975. The Bertz CT molecular complexity index is 7360. The van der Waals surface area contributed by atoms with Crippen molar-refractivity contribution in [2.75, 3.05) is 0 Å². The van der Waals surface area contributed by atoms with Gasteiger partial charge in [0, 0.05) is 41.8 Å². The van der Waals surface area contributed by atoms with Crippen LogP contribution in [0.3, 0.4) is 0 Å². The van der Waals surface area contributed by atoms with Gasteiger partial charge in [-0.3, -0.25) is 0 Å². The van der Waals surface area contributed by atoms with Crippen molar-refractivity contribution in [3.8, 4) is 100 Å². The molecule has 0 saturated carbocycles. The monoisotopic (exact) mass is 1420 g/mol. The largest absolute Gasteiger partial charge is 0.456 e. The van der Waals surface area contributed by atoms with Crippen LogP contribution in [0.1, 0.15) is 49.9 Å². The van der Waals surface area contributed by atoms with E-state index in [4.69, 9.17) is 4.42 Å². The van der Waals surface area contributed by atoms with Crippen LogP contribution < -0.4 is 0 Å². The molecule has 2 heterocycles. The van der Waals surface area contributed by atoms with Crippen molar-refractivity contribution in [1.82, 2.24) is 0 Å². The normalized spacial score (nSPS) is 13.2. The summed E-state index contributed by atoms with van der Waals surface area (Å²) in [6.07, 6.45) is 0. The summed E-state index contributed by atoms with van der Waals surface area (Å²) in [5.41, 5.74) is 30.2. The van der Waals surface area contributed by atoms with Crippen LogP contribution in [-0.4, -0.2) is 0 Å². The fourth-order valence-corrected chi connectivity index (χ4v) is 20.7. The maximum absolute atomic E-state index is 6.17. The van der Waals surface area contributed by atoms with Gasteiger partial charge in [0.2, 0.25) is 0 Å². The average molecular weight is 1420 g/mol. The molecular weight excluding hydrogens is 1350 g/mol. The molecule has 1 nitrogen and oxygen atoms in total. The molecule has 0 bridgehead atoms. The van der Waals surface area contributed by atoms with E-state index in [0.29, 0.717) is 0 Å². The van der Waals surface area contributed by atoms with Crippen LogP contribution >= 0.6 is 11.3 Å². The lowest BCUT2D eigenvalue weighted by molar-refractivity contribution is 0.666. The van der Waals surface area contributed by atoms with Gasteiger partial charge in [-0.2, -0.15) is 0 Å². The van der Waals surface area contributed by atoms with Crippen LogP contribution in [0.2, 0.25) is 0 Å². The summed E-state index contributed by atoms with van der Waals surface area (Å²) in [5.74, 6) is 0. The molecule has 0 unspecified atom stereocenters. The van der Waals surface area contributed by atoms with E-state index in [1.807, 2.05) is 23.5 Å². The summed E-state index contributed by atoms with van der Waals surface area (Å²) in [6, 6.07) is 135. The minimum Gasteiger partial charge on any atom is -0.456 e. The summed E-state index contributed by atoms with van der Waals surface area (Å²) in [5, 5.41) is 20.4. The van der Waals surface area contributed by atoms with Gasteiger partial charge in [0.25, 0.3) is 0 Å². The molecule has 0 spiro atoms. The number of thiophene rings is 1. The van der Waals surface area contributed by atoms with Crippen molar-refractivity contribution in [1.29, 1.82) is 0 Å². The van der Waals surface area contributed by atoms with Crippen molar-refractivity contribution < 1.29 is 4.42 Å². The Morgan fingerprint density at radius 3 is 1.02 bits per heavy atom. The third-order valence-electron chi connectivity index (χ3n) is 24.4. The predicted octanol–water partition coefficient (Wildman–Crippen LogP) is 30.8. The summed E-state index contributed by atoms with van der Waals surface area (Å²) >= 11 is 1.88. The van der Waals surface area contributed by atoms with Crippen LogP contribution in [0.15, 0.2) is 368 Å². The topological polar surface area (TPSA) is 13.1 Å². The van der Waals surface area contributed by atoms with Crippen molar-refractivity contribution in [2.24, 2.45) is 0 Å². The predicted molar refractivity (Wildman–Crippen MR) is 471 cm³/mol. The molecule has 0 N–H and O–H groups in total. The van der Waals surface area contributed by atoms with Crippen LogP contribution in [0, 0.1) is 0 Å². The first-order valence-electron chi connectivity index (χ1n) is 38.4. The molecule has 110 heavy (non-hydrogen) atoms. The maximum atomic E-state index is 6.17. The molecule has 0 atom stereocenters. The van der Waals surface area contributed by atoms with Crippen LogP contribution in [0.4, 0.5) is 0 Å². The van der Waals surface area contributed by atoms with Gasteiger partial charge in [-0.1, -0.05) is 337 Å². The van der Waals surface area contributed by atoms with Gasteiger partial charge in [0.05, 0.1) is 0 Å². The third-order valence-corrected chi connectivity index (χ3v) is 25.6. The van der Waals surface area contributed by atoms with Crippen molar-refractivity contribution >= 4 is 118 Å². The molecule has 21 aromatic rings. The van der Waals surface area contributed by atoms with Crippen LogP contribution in [-0.2, 0) is 10.8 Å². The molecule has 0 amide bonds. The van der Waals surface area contributed by atoms with E-state index in [9.17, 15) is 0 Å². The van der Waals surface area contributed by atoms with Gasteiger partial charge in [-0.05, 0) is 242 Å². The van der Waals surface area contributed by atoms with Gasteiger partial charge < -0.3 is 4.42 Å². The third kappa shape index (κ3) is 9.72. The van der Waals surface area contributed by atoms with E-state index in [2.05, 4.69) is 380 Å². The summed E-state index contributed by atoms with van der Waals surface area (Å²) in [4.78, 5) is 0. The molecule has 2 aromatic heterocycles. The highest BCUT2D eigenvalue weighted by Crippen LogP contribution is 2.58. The SMILES string of the molecule is CC1(C)c2cccc(-c3cccc(-c4c5ccccc5c(-c5ccc6sc7ccccc7c6c5)c5ccccc45)c3)c2-c2ccc3ccccc3c21.CC1(C)c2cccc(-c3cccc(-c4c5ccccc5c(-c5cccc(-c6ccc7oc8ccccc8c7c6)c5)c5ccccc45)c3)c2-c2ccc3ccccc3c21. The smallest absolute Gasteiger partial charge is 0.135 e. The number of furan rings is 1. The minimum atomic E-state index is -0.112. The summed E-state index contributed by atoms with van der Waals surface area (Å²) in [7, 11) is 0. The Hall–Kier alpha value is -13.2. The molecular formula is C108H72OS. The van der Waals surface area contributed by atoms with Crippen molar-refractivity contribution in [2.45, 2.75) is 38.5 Å². The number of hydrogen-bond acceptors (Lipinski definition) is 2. The second kappa shape index (κ2) is 24.7. The maximum Gasteiger partial charge on any atom is 0.135 e. The highest BCUT2D eigenvalue weighted by atomic mass is 32.1. The Kier molecular flexibility index (Phi) is 14.3. The van der Waals surface area contributed by atoms with Crippen molar-refractivity contribution in [3.63, 3.8) is 0 Å². The molecule has 0 radical (unpaired) electrons. The highest BCUT2D eigenvalue weighted by Gasteiger charge is 2.40. The zero-order valence-corrected chi connectivity index (χ0v) is 62.3. The standard InChI is InChI=1S/C57H38O.C51H34S/c1-57(2)50-26-13-25-41(55(50)48-30-28-35-14-3-4-19-42(35)56(48)57)38-16-12-18-40(33-38)54-46-23-7-5-21-44(46)53(45-22-6-8-24-47(45)54)39-17-11-15-36(32-39)37-29-31-52-49(34-37)43-20-9-10-27-51(43)58-52;1-51(2)44-23-12-22-35(49(44)42-27-25-31-13-3-4-16-36(31)50(42)51)32-14-11-15-33(29-32)47-38-18-5-7-20-40(38)48(41-21-8-6-19-39(41)47)34-26-28-46-43(30-34)37-17-9-10-24-45(37)52-46/h3-34H,1-2H3;3-30H,1-2H3. The van der Waals surface area contributed by atoms with E-state index < -0.39 is 0 Å². The lowest BCUT2D eigenvalue weighted by Crippen LogP contribution is -2.15. The van der Waals surface area contributed by atoms with Crippen molar-refractivity contribution in [3.05, 3.63) is 386 Å². The van der Waals surface area contributed by atoms with E-state index in [1.165, 1.54) is 207 Å². The lowest BCUT2D eigenvalue weighted by Gasteiger charge is -2.23. The fraction of sp³-hybridized carbons (Fsp3) is 0.0556. The molecule has 0 saturated heterocycles. The van der Waals surface area contributed by atoms with Gasteiger partial charge in [0.1, 0.15) is 11.2 Å². The highest BCUT2D eigenvalue weighted by molar-refractivity contribution is 7.25. The molecule has 0 fully saturated rings. The number of benzene rings is 19. The van der Waals surface area contributed by atoms with Gasteiger partial charge in [-0.25, -0.2) is 0 Å². The van der Waals surface area contributed by atoms with E-state index >= 15 is 0 Å². The summed E-state index contributed by atoms with van der Waals surface area (Å²) < 4.78 is 8.84. The Morgan fingerprint density at radius 1 is 0.200 bits per heavy atom. The van der Waals surface area contributed by atoms with Gasteiger partial charge in [0.15, 0.2) is 0 Å². The average Bonchev–Trinajstić information content (AvgIpc) is 1.28. The fourth-order valence-electron chi connectivity index (χ4n) is 19.6. The number of rotatable bonds is 7. The van der Waals surface area contributed by atoms with Gasteiger partial charge >= 0.3 is 0 Å². The first kappa shape index (κ1) is 64.0. The Labute approximate surface area is 642 Å². The first-order valence-corrected chi connectivity index (χ1v) is 39.3. The summed E-state index contributed by atoms with van der Waals surface area (Å²) in [6.45, 7) is 9.56. The molecule has 23 rings (SSSR count). The Balaban J connectivity index is 0.000000136. The number of hydrogen-bond donors (Lipinski definition) is 0. The van der Waals surface area contributed by atoms with E-state index in [-0.39, 0.29) is 10.8 Å². The van der Waals surface area contributed by atoms with Gasteiger partial charge in [-0.15, -0.1) is 11.3 Å².